The van der Waals surface area contributed by atoms with E-state index in [0.29, 0.717) is 13.0 Å². The molecule has 6 heteroatoms. The molecule has 0 saturated heterocycles. The summed E-state index contributed by atoms with van der Waals surface area (Å²) in [5.74, 6) is 1.98. The van der Waals surface area contributed by atoms with Gasteiger partial charge in [-0.05, 0) is 24.1 Å². The minimum absolute atomic E-state index is 0.109. The second kappa shape index (κ2) is 6.91. The highest BCUT2D eigenvalue weighted by molar-refractivity contribution is 5.93. The molecule has 0 fully saturated rings. The molecule has 0 bridgehead atoms. The van der Waals surface area contributed by atoms with Crippen LogP contribution in [0, 0.1) is 17.8 Å². The summed E-state index contributed by atoms with van der Waals surface area (Å²) < 4.78 is 0. The fraction of sp³-hybridized carbons (Fsp3) is 0.250. The fourth-order valence-electron chi connectivity index (χ4n) is 1.34. The Bertz CT molecular complexity index is 451. The number of hydrogen-bond acceptors (Lipinski definition) is 3. The number of rotatable bonds is 4. The van der Waals surface area contributed by atoms with Crippen molar-refractivity contribution in [1.29, 1.82) is 5.41 Å². The van der Waals surface area contributed by atoms with Crippen LogP contribution in [0.15, 0.2) is 24.5 Å². The molecule has 0 aromatic carbocycles. The average molecular weight is 245 g/mol. The Labute approximate surface area is 106 Å². The molecule has 6 nitrogen and oxygen atoms in total. The third-order valence-electron chi connectivity index (χ3n) is 2.25. The van der Waals surface area contributed by atoms with E-state index < -0.39 is 6.03 Å². The number of nitrogens with one attached hydrogen (secondary N) is 2. The van der Waals surface area contributed by atoms with E-state index in [0.717, 1.165) is 10.5 Å². The van der Waals surface area contributed by atoms with Gasteiger partial charge in [0.1, 0.15) is 0 Å². The molecule has 2 amide bonds. The maximum absolute atomic E-state index is 11.7. The number of aromatic nitrogens is 1. The van der Waals surface area contributed by atoms with E-state index in [4.69, 9.17) is 17.6 Å². The fourth-order valence-corrected chi connectivity index (χ4v) is 1.34. The van der Waals surface area contributed by atoms with Crippen LogP contribution >= 0.6 is 0 Å². The van der Waals surface area contributed by atoms with Gasteiger partial charge < -0.3 is 11.1 Å². The highest BCUT2D eigenvalue weighted by Crippen LogP contribution is 2.00. The SMILES string of the molecule is C#CCNC(=O)N(CCc1ccncc1)C(=N)N. The third kappa shape index (κ3) is 4.14. The van der Waals surface area contributed by atoms with Gasteiger partial charge in [0.15, 0.2) is 5.96 Å². The molecule has 0 aliphatic carbocycles. The number of hydrogen-bond donors (Lipinski definition) is 3. The van der Waals surface area contributed by atoms with E-state index in [1.54, 1.807) is 12.4 Å². The van der Waals surface area contributed by atoms with Gasteiger partial charge in [-0.2, -0.15) is 0 Å². The van der Waals surface area contributed by atoms with Crippen LogP contribution < -0.4 is 11.1 Å². The first-order chi connectivity index (χ1) is 8.65. The summed E-state index contributed by atoms with van der Waals surface area (Å²) in [6.07, 6.45) is 8.98. The monoisotopic (exact) mass is 245 g/mol. The van der Waals surface area contributed by atoms with Crippen LogP contribution in [0.25, 0.3) is 0 Å². The summed E-state index contributed by atoms with van der Waals surface area (Å²) in [5, 5.41) is 9.83. The number of nitrogens with zero attached hydrogens (tertiary/aromatic N) is 2. The zero-order valence-electron chi connectivity index (χ0n) is 9.89. The summed E-state index contributed by atoms with van der Waals surface area (Å²) in [5.41, 5.74) is 6.37. The van der Waals surface area contributed by atoms with Crippen molar-refractivity contribution in [3.63, 3.8) is 0 Å². The van der Waals surface area contributed by atoms with Crippen LogP contribution in [0.5, 0.6) is 0 Å². The second-order valence-corrected chi connectivity index (χ2v) is 3.51. The molecular formula is C12H15N5O. The van der Waals surface area contributed by atoms with Gasteiger partial charge in [0.2, 0.25) is 0 Å². The van der Waals surface area contributed by atoms with Crippen molar-refractivity contribution in [2.75, 3.05) is 13.1 Å². The topological polar surface area (TPSA) is 95.1 Å². The lowest BCUT2D eigenvalue weighted by molar-refractivity contribution is 0.221. The molecule has 1 heterocycles. The zero-order chi connectivity index (χ0) is 13.4. The molecule has 18 heavy (non-hydrogen) atoms. The highest BCUT2D eigenvalue weighted by Gasteiger charge is 2.15. The van der Waals surface area contributed by atoms with E-state index in [2.05, 4.69) is 16.2 Å². The highest BCUT2D eigenvalue weighted by atomic mass is 16.2. The van der Waals surface area contributed by atoms with Gasteiger partial charge >= 0.3 is 6.03 Å². The van der Waals surface area contributed by atoms with Crippen molar-refractivity contribution in [3.8, 4) is 12.3 Å². The molecule has 4 N–H and O–H groups in total. The smallest absolute Gasteiger partial charge is 0.324 e. The maximum atomic E-state index is 11.7. The van der Waals surface area contributed by atoms with Gasteiger partial charge in [-0.1, -0.05) is 5.92 Å². The number of carbonyl (C=O) groups is 1. The number of guanidine groups is 1. The lowest BCUT2D eigenvalue weighted by atomic mass is 10.2. The largest absolute Gasteiger partial charge is 0.370 e. The van der Waals surface area contributed by atoms with Crippen LogP contribution in [-0.4, -0.2) is 35.0 Å². The Hall–Kier alpha value is -2.55. The minimum Gasteiger partial charge on any atom is -0.370 e. The summed E-state index contributed by atoms with van der Waals surface area (Å²) in [6, 6.07) is 3.23. The number of pyridine rings is 1. The zero-order valence-corrected chi connectivity index (χ0v) is 9.89. The van der Waals surface area contributed by atoms with Gasteiger partial charge in [-0.3, -0.25) is 15.3 Å². The number of carbonyl (C=O) groups excluding carboxylic acids is 1. The van der Waals surface area contributed by atoms with Crippen molar-refractivity contribution in [2.45, 2.75) is 6.42 Å². The molecule has 0 aliphatic rings. The third-order valence-corrected chi connectivity index (χ3v) is 2.25. The van der Waals surface area contributed by atoms with E-state index in [9.17, 15) is 4.79 Å². The Kier molecular flexibility index (Phi) is 5.19. The Balaban J connectivity index is 2.56. The standard InChI is InChI=1S/C12H15N5O/c1-2-6-16-12(18)17(11(13)14)9-5-10-3-7-15-8-4-10/h1,3-4,7-8H,5-6,9H2,(H3,13,14)(H,16,18). The van der Waals surface area contributed by atoms with E-state index in [1.807, 2.05) is 12.1 Å². The molecule has 0 saturated carbocycles. The summed E-state index contributed by atoms with van der Waals surface area (Å²) >= 11 is 0. The lowest BCUT2D eigenvalue weighted by Gasteiger charge is -2.20. The number of amides is 2. The molecule has 94 valence electrons. The van der Waals surface area contributed by atoms with Crippen LogP contribution in [0.2, 0.25) is 0 Å². The first-order valence-electron chi connectivity index (χ1n) is 5.37. The first-order valence-corrected chi connectivity index (χ1v) is 5.37. The van der Waals surface area contributed by atoms with Gasteiger partial charge in [0.25, 0.3) is 0 Å². The predicted octanol–water partition coefficient (Wildman–Crippen LogP) is 0.162. The summed E-state index contributed by atoms with van der Waals surface area (Å²) in [6.45, 7) is 0.424. The minimum atomic E-state index is -0.463. The molecule has 1 aromatic rings. The molecule has 1 rings (SSSR count). The predicted molar refractivity (Wildman–Crippen MR) is 68.8 cm³/mol. The number of urea groups is 1. The molecule has 0 radical (unpaired) electrons. The number of terminal acetylenes is 1. The van der Waals surface area contributed by atoms with Crippen molar-refractivity contribution < 1.29 is 4.79 Å². The van der Waals surface area contributed by atoms with Crippen molar-refractivity contribution in [3.05, 3.63) is 30.1 Å². The van der Waals surface area contributed by atoms with Crippen LogP contribution in [-0.2, 0) is 6.42 Å². The van der Waals surface area contributed by atoms with Crippen LogP contribution in [0.3, 0.4) is 0 Å². The second-order valence-electron chi connectivity index (χ2n) is 3.51. The lowest BCUT2D eigenvalue weighted by Crippen LogP contribution is -2.47. The van der Waals surface area contributed by atoms with Crippen LogP contribution in [0.1, 0.15) is 5.56 Å². The van der Waals surface area contributed by atoms with Gasteiger partial charge in [0.05, 0.1) is 6.54 Å². The van der Waals surface area contributed by atoms with Crippen molar-refractivity contribution in [2.24, 2.45) is 5.73 Å². The Morgan fingerprint density at radius 3 is 2.78 bits per heavy atom. The van der Waals surface area contributed by atoms with E-state index in [1.165, 1.54) is 0 Å². The Morgan fingerprint density at radius 2 is 2.22 bits per heavy atom. The van der Waals surface area contributed by atoms with Gasteiger partial charge in [-0.15, -0.1) is 6.42 Å². The summed E-state index contributed by atoms with van der Waals surface area (Å²) in [7, 11) is 0. The van der Waals surface area contributed by atoms with E-state index >= 15 is 0 Å². The average Bonchev–Trinajstić information content (AvgIpc) is 2.37. The van der Waals surface area contributed by atoms with Gasteiger partial charge in [-0.25, -0.2) is 4.79 Å². The van der Waals surface area contributed by atoms with E-state index in [-0.39, 0.29) is 12.5 Å². The Morgan fingerprint density at radius 1 is 1.56 bits per heavy atom. The first kappa shape index (κ1) is 13.5. The molecular weight excluding hydrogens is 230 g/mol. The number of nitrogens with two attached hydrogens (primary N) is 1. The van der Waals surface area contributed by atoms with Gasteiger partial charge in [0, 0.05) is 18.9 Å². The quantitative estimate of drug-likeness (QED) is 0.400. The molecule has 0 atom stereocenters. The van der Waals surface area contributed by atoms with Crippen LogP contribution in [0.4, 0.5) is 4.79 Å². The van der Waals surface area contributed by atoms with Crippen molar-refractivity contribution >= 4 is 12.0 Å². The summed E-state index contributed by atoms with van der Waals surface area (Å²) in [4.78, 5) is 16.7. The van der Waals surface area contributed by atoms with Crippen molar-refractivity contribution in [1.82, 2.24) is 15.2 Å². The molecule has 1 aromatic heterocycles. The maximum Gasteiger partial charge on any atom is 0.324 e. The normalized spacial score (nSPS) is 9.28. The molecule has 0 unspecified atom stereocenters. The molecule has 0 spiro atoms. The molecule has 0 aliphatic heterocycles.